The maximum atomic E-state index is 3.82. The summed E-state index contributed by atoms with van der Waals surface area (Å²) in [5, 5.41) is 10.0. The molecule has 0 atom stereocenters. The van der Waals surface area contributed by atoms with Gasteiger partial charge < -0.3 is 15.2 Å². The Kier molecular flexibility index (Phi) is 7.04. The fourth-order valence-corrected chi connectivity index (χ4v) is 8.44. The molecule has 0 bridgehead atoms. The highest BCUT2D eigenvalue weighted by Crippen LogP contribution is 2.56. The molecule has 1 aromatic heterocycles. The molecule has 3 nitrogen and oxygen atoms in total. The van der Waals surface area contributed by atoms with Crippen molar-refractivity contribution in [1.29, 1.82) is 0 Å². The number of rotatable bonds is 7. The van der Waals surface area contributed by atoms with Crippen LogP contribution in [0.1, 0.15) is 22.3 Å². The van der Waals surface area contributed by atoms with Crippen LogP contribution in [0.3, 0.4) is 0 Å². The van der Waals surface area contributed by atoms with Crippen molar-refractivity contribution in [2.45, 2.75) is 5.41 Å². The van der Waals surface area contributed by atoms with Gasteiger partial charge in [0.2, 0.25) is 0 Å². The zero-order valence-corrected chi connectivity index (χ0v) is 28.5. The summed E-state index contributed by atoms with van der Waals surface area (Å²) in [5.41, 5.74) is 14.8. The Hall–Kier alpha value is -6.84. The molecule has 0 aliphatic heterocycles. The molecule has 3 heteroatoms. The number of hydrogen-bond acceptors (Lipinski definition) is 2. The average molecular weight is 666 g/mol. The van der Waals surface area contributed by atoms with Crippen LogP contribution in [0.5, 0.6) is 0 Å². The van der Waals surface area contributed by atoms with Gasteiger partial charge in [0, 0.05) is 27.8 Å². The Morgan fingerprint density at radius 2 is 0.885 bits per heavy atom. The SMILES string of the molecule is c1ccc(-n2c3ccccc3c3cc(Nc4ccccc4Nc4ccc5c(c4)C(c4ccccc4)(c4ccccc4)c4ccccc4-5)ccc32)cc1. The number of benzene rings is 8. The van der Waals surface area contributed by atoms with Gasteiger partial charge in [-0.1, -0.05) is 140 Å². The minimum atomic E-state index is -0.446. The summed E-state index contributed by atoms with van der Waals surface area (Å²) >= 11 is 0. The van der Waals surface area contributed by atoms with E-state index in [1.165, 1.54) is 55.2 Å². The number of para-hydroxylation sites is 4. The highest BCUT2D eigenvalue weighted by atomic mass is 15.0. The van der Waals surface area contributed by atoms with Crippen molar-refractivity contribution in [3.63, 3.8) is 0 Å². The molecule has 0 fully saturated rings. The molecule has 0 radical (unpaired) electrons. The number of anilines is 4. The third kappa shape index (κ3) is 4.67. The van der Waals surface area contributed by atoms with E-state index >= 15 is 0 Å². The van der Waals surface area contributed by atoms with Crippen LogP contribution in [-0.2, 0) is 5.41 Å². The number of fused-ring (bicyclic) bond motifs is 6. The molecule has 10 rings (SSSR count). The fraction of sp³-hybridized carbons (Fsp3) is 0.0204. The highest BCUT2D eigenvalue weighted by Gasteiger charge is 2.46. The molecule has 0 saturated carbocycles. The van der Waals surface area contributed by atoms with Gasteiger partial charge in [-0.3, -0.25) is 0 Å². The largest absolute Gasteiger partial charge is 0.354 e. The molecule has 2 N–H and O–H groups in total. The van der Waals surface area contributed by atoms with Crippen molar-refractivity contribution in [3.8, 4) is 16.8 Å². The number of aromatic nitrogens is 1. The molecule has 1 aliphatic carbocycles. The Morgan fingerprint density at radius 3 is 1.60 bits per heavy atom. The molecular weight excluding hydrogens is 631 g/mol. The Morgan fingerprint density at radius 1 is 0.365 bits per heavy atom. The lowest BCUT2D eigenvalue weighted by Crippen LogP contribution is -2.28. The van der Waals surface area contributed by atoms with E-state index < -0.39 is 5.41 Å². The fourth-order valence-electron chi connectivity index (χ4n) is 8.44. The van der Waals surface area contributed by atoms with E-state index in [-0.39, 0.29) is 0 Å². The van der Waals surface area contributed by atoms with Crippen LogP contribution in [0.2, 0.25) is 0 Å². The number of nitrogens with one attached hydrogen (secondary N) is 2. The molecule has 0 spiro atoms. The van der Waals surface area contributed by atoms with E-state index in [1.54, 1.807) is 0 Å². The van der Waals surface area contributed by atoms with E-state index in [9.17, 15) is 0 Å². The Balaban J connectivity index is 1.05. The van der Waals surface area contributed by atoms with Crippen LogP contribution in [-0.4, -0.2) is 4.57 Å². The van der Waals surface area contributed by atoms with Gasteiger partial charge >= 0.3 is 0 Å². The molecule has 9 aromatic rings. The second-order valence-electron chi connectivity index (χ2n) is 13.5. The van der Waals surface area contributed by atoms with E-state index in [1.807, 2.05) is 0 Å². The smallest absolute Gasteiger partial charge is 0.0714 e. The summed E-state index contributed by atoms with van der Waals surface area (Å²) in [7, 11) is 0. The summed E-state index contributed by atoms with van der Waals surface area (Å²) in [6.07, 6.45) is 0. The van der Waals surface area contributed by atoms with Gasteiger partial charge in [0.1, 0.15) is 0 Å². The van der Waals surface area contributed by atoms with Crippen molar-refractivity contribution in [3.05, 3.63) is 222 Å². The maximum Gasteiger partial charge on any atom is 0.0714 e. The molecule has 52 heavy (non-hydrogen) atoms. The van der Waals surface area contributed by atoms with Crippen LogP contribution in [0.25, 0.3) is 38.6 Å². The average Bonchev–Trinajstić information content (AvgIpc) is 3.70. The summed E-state index contributed by atoms with van der Waals surface area (Å²) < 4.78 is 2.35. The second-order valence-corrected chi connectivity index (χ2v) is 13.5. The molecular formula is C49H35N3. The van der Waals surface area contributed by atoms with Crippen molar-refractivity contribution < 1.29 is 0 Å². The summed E-state index contributed by atoms with van der Waals surface area (Å²) in [5.74, 6) is 0. The zero-order chi connectivity index (χ0) is 34.5. The van der Waals surface area contributed by atoms with Gasteiger partial charge in [0.15, 0.2) is 0 Å². The lowest BCUT2D eigenvalue weighted by molar-refractivity contribution is 0.769. The van der Waals surface area contributed by atoms with Crippen molar-refractivity contribution in [1.82, 2.24) is 4.57 Å². The van der Waals surface area contributed by atoms with Gasteiger partial charge in [-0.2, -0.15) is 0 Å². The second kappa shape index (κ2) is 12.2. The predicted molar refractivity (Wildman–Crippen MR) is 218 cm³/mol. The molecule has 0 unspecified atom stereocenters. The minimum Gasteiger partial charge on any atom is -0.354 e. The first-order valence-electron chi connectivity index (χ1n) is 17.9. The first-order valence-corrected chi connectivity index (χ1v) is 17.9. The van der Waals surface area contributed by atoms with Crippen molar-refractivity contribution >= 4 is 44.6 Å². The highest BCUT2D eigenvalue weighted by molar-refractivity contribution is 6.10. The minimum absolute atomic E-state index is 0.446. The Labute approximate surface area is 303 Å². The molecule has 1 heterocycles. The van der Waals surface area contributed by atoms with Crippen LogP contribution in [0.15, 0.2) is 200 Å². The third-order valence-corrected chi connectivity index (χ3v) is 10.6. The molecule has 8 aromatic carbocycles. The van der Waals surface area contributed by atoms with Crippen molar-refractivity contribution in [2.75, 3.05) is 10.6 Å². The van der Waals surface area contributed by atoms with Crippen molar-refractivity contribution in [2.24, 2.45) is 0 Å². The third-order valence-electron chi connectivity index (χ3n) is 10.6. The van der Waals surface area contributed by atoms with Gasteiger partial charge in [-0.15, -0.1) is 0 Å². The number of nitrogens with zero attached hydrogens (tertiary/aromatic N) is 1. The molecule has 0 saturated heterocycles. The van der Waals surface area contributed by atoms with E-state index in [0.29, 0.717) is 0 Å². The summed E-state index contributed by atoms with van der Waals surface area (Å²) in [6.45, 7) is 0. The van der Waals surface area contributed by atoms with Gasteiger partial charge in [0.25, 0.3) is 0 Å². The zero-order valence-electron chi connectivity index (χ0n) is 28.5. The van der Waals surface area contributed by atoms with E-state index in [0.717, 1.165) is 28.4 Å². The molecule has 0 amide bonds. The van der Waals surface area contributed by atoms with Gasteiger partial charge in [-0.05, 0) is 94.0 Å². The van der Waals surface area contributed by atoms with Crippen LogP contribution < -0.4 is 10.6 Å². The number of hydrogen-bond donors (Lipinski definition) is 2. The lowest BCUT2D eigenvalue weighted by Gasteiger charge is -2.34. The normalized spacial score (nSPS) is 12.8. The first-order chi connectivity index (χ1) is 25.8. The quantitative estimate of drug-likeness (QED) is 0.177. The standard InChI is InChI=1S/C49H35N3/c1-4-16-34(17-5-1)49(35-18-6-2-7-19-35)43-24-12-10-22-39(43)40-30-28-37(33-44(40)49)51-46-26-14-13-25-45(46)50-36-29-31-48-42(32-36)41-23-11-15-27-47(41)52(48)38-20-8-3-9-21-38/h1-33,50-51H. The topological polar surface area (TPSA) is 29.0 Å². The Bertz CT molecular complexity index is 2690. The van der Waals surface area contributed by atoms with Crippen LogP contribution in [0, 0.1) is 0 Å². The lowest BCUT2D eigenvalue weighted by atomic mass is 9.67. The summed E-state index contributed by atoms with van der Waals surface area (Å²) in [4.78, 5) is 0. The molecule has 1 aliphatic rings. The summed E-state index contributed by atoms with van der Waals surface area (Å²) in [6, 6.07) is 72.0. The van der Waals surface area contributed by atoms with Crippen LogP contribution in [0.4, 0.5) is 22.7 Å². The first kappa shape index (κ1) is 30.0. The molecule has 246 valence electrons. The van der Waals surface area contributed by atoms with E-state index in [2.05, 4.69) is 215 Å². The predicted octanol–water partition coefficient (Wildman–Crippen LogP) is 12.6. The maximum absolute atomic E-state index is 3.82. The van der Waals surface area contributed by atoms with Gasteiger partial charge in [0.05, 0.1) is 27.8 Å². The van der Waals surface area contributed by atoms with Gasteiger partial charge in [-0.25, -0.2) is 0 Å². The van der Waals surface area contributed by atoms with E-state index in [4.69, 9.17) is 0 Å². The monoisotopic (exact) mass is 665 g/mol. The van der Waals surface area contributed by atoms with Crippen LogP contribution >= 0.6 is 0 Å².